The highest BCUT2D eigenvalue weighted by Crippen LogP contribution is 2.19. The second kappa shape index (κ2) is 12.4. The number of carbonyl (C=O) groups is 6. The zero-order valence-corrected chi connectivity index (χ0v) is 23.3. The molecule has 3 rings (SSSR count). The van der Waals surface area contributed by atoms with Gasteiger partial charge in [0, 0.05) is 14.1 Å². The molecule has 0 aromatic heterocycles. The molecule has 1 heterocycles. The van der Waals surface area contributed by atoms with Crippen molar-refractivity contribution in [3.63, 3.8) is 0 Å². The summed E-state index contributed by atoms with van der Waals surface area (Å²) in [5, 5.41) is 10.6. The molecule has 0 bridgehead atoms. The van der Waals surface area contributed by atoms with E-state index < -0.39 is 59.6 Å². The number of rotatable bonds is 0. The maximum atomic E-state index is 13.1. The van der Waals surface area contributed by atoms with Gasteiger partial charge in [0.05, 0.1) is 22.5 Å². The van der Waals surface area contributed by atoms with Crippen molar-refractivity contribution in [1.29, 1.82) is 0 Å². The fourth-order valence-electron chi connectivity index (χ4n) is 4.07. The summed E-state index contributed by atoms with van der Waals surface area (Å²) in [5.41, 5.74) is 0.588. The van der Waals surface area contributed by atoms with Crippen LogP contribution in [0.4, 0.5) is 11.4 Å². The Balaban J connectivity index is 2.00. The summed E-state index contributed by atoms with van der Waals surface area (Å²) in [5.74, 6) is -3.40. The third-order valence-corrected chi connectivity index (χ3v) is 6.91. The van der Waals surface area contributed by atoms with Crippen molar-refractivity contribution < 1.29 is 28.8 Å². The third-order valence-electron chi connectivity index (χ3n) is 6.91. The van der Waals surface area contributed by atoms with E-state index in [4.69, 9.17) is 0 Å². The Labute approximate surface area is 232 Å². The summed E-state index contributed by atoms with van der Waals surface area (Å²) in [6.45, 7) is 5.99. The maximum absolute atomic E-state index is 13.1. The molecule has 4 unspecified atom stereocenters. The minimum absolute atomic E-state index is 0.108. The molecule has 4 N–H and O–H groups in total. The molecule has 2 aromatic carbocycles. The van der Waals surface area contributed by atoms with Crippen LogP contribution in [0.5, 0.6) is 0 Å². The van der Waals surface area contributed by atoms with Crippen LogP contribution < -0.4 is 21.3 Å². The molecular weight excluding hydrogens is 516 g/mol. The lowest BCUT2D eigenvalue weighted by Crippen LogP contribution is -2.52. The maximum Gasteiger partial charge on any atom is 0.254 e. The molecule has 0 spiro atoms. The van der Waals surface area contributed by atoms with Crippen molar-refractivity contribution in [3.05, 3.63) is 59.7 Å². The van der Waals surface area contributed by atoms with Crippen molar-refractivity contribution in [2.75, 3.05) is 24.7 Å². The van der Waals surface area contributed by atoms with Crippen molar-refractivity contribution >= 4 is 46.8 Å². The smallest absolute Gasteiger partial charge is 0.254 e. The van der Waals surface area contributed by atoms with Crippen LogP contribution in [0.25, 0.3) is 0 Å². The molecule has 4 atom stereocenters. The quantitative estimate of drug-likeness (QED) is 0.386. The second-order valence-electron chi connectivity index (χ2n) is 9.71. The lowest BCUT2D eigenvalue weighted by molar-refractivity contribution is -0.137. The van der Waals surface area contributed by atoms with Gasteiger partial charge in [-0.3, -0.25) is 28.8 Å². The minimum Gasteiger partial charge on any atom is -0.340 e. The van der Waals surface area contributed by atoms with E-state index in [0.29, 0.717) is 0 Å². The van der Waals surface area contributed by atoms with Crippen LogP contribution in [0.3, 0.4) is 0 Å². The van der Waals surface area contributed by atoms with Crippen LogP contribution in [0, 0.1) is 0 Å². The third kappa shape index (κ3) is 6.45. The van der Waals surface area contributed by atoms with Crippen LogP contribution in [-0.2, 0) is 19.2 Å². The number of carbonyl (C=O) groups excluding carboxylic acids is 6. The van der Waals surface area contributed by atoms with Gasteiger partial charge in [0.2, 0.25) is 23.6 Å². The highest BCUT2D eigenvalue weighted by atomic mass is 16.2. The first-order valence-electron chi connectivity index (χ1n) is 12.8. The molecule has 212 valence electrons. The average molecular weight is 551 g/mol. The first-order chi connectivity index (χ1) is 18.8. The molecular formula is C28H34N6O6. The molecule has 6 amide bonds. The number of fused-ring (bicyclic) bond motifs is 2. The predicted octanol–water partition coefficient (Wildman–Crippen LogP) is 1.21. The van der Waals surface area contributed by atoms with Gasteiger partial charge in [0.25, 0.3) is 11.8 Å². The molecule has 0 saturated heterocycles. The van der Waals surface area contributed by atoms with Crippen LogP contribution in [0.1, 0.15) is 48.4 Å². The largest absolute Gasteiger partial charge is 0.340 e. The molecule has 12 heteroatoms. The Morgan fingerprint density at radius 1 is 0.550 bits per heavy atom. The number of amides is 6. The zero-order valence-electron chi connectivity index (χ0n) is 23.3. The number of likely N-dealkylation sites (N-methyl/N-ethyl adjacent to an activating group) is 2. The molecule has 40 heavy (non-hydrogen) atoms. The number of anilines is 2. The van der Waals surface area contributed by atoms with E-state index in [1.54, 1.807) is 24.3 Å². The van der Waals surface area contributed by atoms with Gasteiger partial charge in [-0.05, 0) is 52.0 Å². The van der Waals surface area contributed by atoms with Gasteiger partial charge in [-0.15, -0.1) is 0 Å². The number of para-hydroxylation sites is 2. The number of benzene rings is 2. The van der Waals surface area contributed by atoms with Crippen LogP contribution >= 0.6 is 0 Å². The van der Waals surface area contributed by atoms with Crippen molar-refractivity contribution in [3.8, 4) is 0 Å². The second-order valence-corrected chi connectivity index (χ2v) is 9.71. The molecule has 12 nitrogen and oxygen atoms in total. The van der Waals surface area contributed by atoms with Gasteiger partial charge in [-0.1, -0.05) is 24.3 Å². The Hall–Kier alpha value is -4.74. The summed E-state index contributed by atoms with van der Waals surface area (Å²) in [7, 11) is 2.86. The normalized spacial score (nSPS) is 23.8. The first kappa shape index (κ1) is 29.8. The van der Waals surface area contributed by atoms with Crippen molar-refractivity contribution in [2.45, 2.75) is 51.9 Å². The molecule has 0 radical (unpaired) electrons. The Bertz CT molecular complexity index is 1240. The fraction of sp³-hybridized carbons (Fsp3) is 0.357. The van der Waals surface area contributed by atoms with Gasteiger partial charge < -0.3 is 31.1 Å². The van der Waals surface area contributed by atoms with Crippen molar-refractivity contribution in [1.82, 2.24) is 20.4 Å². The molecule has 2 aromatic rings. The Morgan fingerprint density at radius 3 is 1.23 bits per heavy atom. The van der Waals surface area contributed by atoms with E-state index in [0.717, 1.165) is 0 Å². The minimum atomic E-state index is -1.01. The van der Waals surface area contributed by atoms with Crippen LogP contribution in [-0.4, -0.2) is 83.5 Å². The highest BCUT2D eigenvalue weighted by Gasteiger charge is 2.31. The average Bonchev–Trinajstić information content (AvgIpc) is 2.94. The van der Waals surface area contributed by atoms with E-state index in [2.05, 4.69) is 21.3 Å². The fourth-order valence-corrected chi connectivity index (χ4v) is 4.07. The van der Waals surface area contributed by atoms with E-state index in [-0.39, 0.29) is 22.5 Å². The number of hydrogen-bond acceptors (Lipinski definition) is 6. The highest BCUT2D eigenvalue weighted by molar-refractivity contribution is 6.08. The summed E-state index contributed by atoms with van der Waals surface area (Å²) in [4.78, 5) is 80.8. The topological polar surface area (TPSA) is 157 Å². The van der Waals surface area contributed by atoms with E-state index in [1.807, 2.05) is 0 Å². The van der Waals surface area contributed by atoms with E-state index in [9.17, 15) is 28.8 Å². The number of nitrogens with zero attached hydrogens (tertiary/aromatic N) is 2. The lowest BCUT2D eigenvalue weighted by atomic mass is 10.1. The van der Waals surface area contributed by atoms with E-state index in [1.165, 1.54) is 75.9 Å². The summed E-state index contributed by atoms with van der Waals surface area (Å²) in [6, 6.07) is 8.55. The molecule has 0 saturated carbocycles. The van der Waals surface area contributed by atoms with Gasteiger partial charge in [0.15, 0.2) is 0 Å². The van der Waals surface area contributed by atoms with Crippen LogP contribution in [0.2, 0.25) is 0 Å². The van der Waals surface area contributed by atoms with Crippen molar-refractivity contribution in [2.24, 2.45) is 0 Å². The monoisotopic (exact) mass is 550 g/mol. The Morgan fingerprint density at radius 2 is 0.875 bits per heavy atom. The summed E-state index contributed by atoms with van der Waals surface area (Å²) >= 11 is 0. The summed E-state index contributed by atoms with van der Waals surface area (Å²) < 4.78 is 0. The zero-order chi connectivity index (χ0) is 29.7. The number of nitrogens with one attached hydrogen (secondary N) is 4. The molecule has 1 aliphatic rings. The van der Waals surface area contributed by atoms with E-state index >= 15 is 0 Å². The number of hydrogen-bond donors (Lipinski definition) is 4. The Kier molecular flexibility index (Phi) is 9.25. The SMILES string of the molecule is CC1NC(=O)c2ccccc2NC(=O)C(C)N(C)C(=O)C(C)NC(=O)c2ccccc2NC(=O)C(C)N(C)C1=O. The lowest BCUT2D eigenvalue weighted by Gasteiger charge is -2.29. The molecule has 0 aliphatic carbocycles. The van der Waals surface area contributed by atoms with Gasteiger partial charge in [0.1, 0.15) is 24.2 Å². The first-order valence-corrected chi connectivity index (χ1v) is 12.8. The molecule has 0 fully saturated rings. The van der Waals surface area contributed by atoms with Crippen LogP contribution in [0.15, 0.2) is 48.5 Å². The van der Waals surface area contributed by atoms with Gasteiger partial charge >= 0.3 is 0 Å². The van der Waals surface area contributed by atoms with Gasteiger partial charge in [-0.25, -0.2) is 0 Å². The molecule has 1 aliphatic heterocycles. The summed E-state index contributed by atoms with van der Waals surface area (Å²) in [6.07, 6.45) is 0. The standard InChI is InChI=1S/C28H34N6O6/c1-15-27(39)33(5)17(3)23(35)32-22-14-10-8-12-20(22)26(38)30-16(2)28(40)34(6)18(4)24(36)31-21-13-9-7-11-19(21)25(37)29-15/h7-18H,1-6H3,(H,29,37)(H,30,38)(H,31,36)(H,32,35). The van der Waals surface area contributed by atoms with Gasteiger partial charge in [-0.2, -0.15) is 0 Å². The predicted molar refractivity (Wildman–Crippen MR) is 148 cm³/mol.